The van der Waals surface area contributed by atoms with Crippen molar-refractivity contribution in [1.82, 2.24) is 0 Å². The van der Waals surface area contributed by atoms with Crippen molar-refractivity contribution < 1.29 is 0 Å². The summed E-state index contributed by atoms with van der Waals surface area (Å²) in [4.78, 5) is 2.41. The summed E-state index contributed by atoms with van der Waals surface area (Å²) in [5.41, 5.74) is 8.51. The molecule has 12 aromatic rings. The quantitative estimate of drug-likeness (QED) is 0.162. The normalized spacial score (nSPS) is 12.0. The fraction of sp³-hybridized carbons (Fsp3) is 0. The number of nitrogens with zero attached hydrogens (tertiary/aromatic N) is 1. The monoisotopic (exact) mass is 695 g/mol. The summed E-state index contributed by atoms with van der Waals surface area (Å²) in [6.07, 6.45) is 0. The average molecular weight is 696 g/mol. The third kappa shape index (κ3) is 4.24. The minimum atomic E-state index is 1.13. The van der Waals surface area contributed by atoms with Gasteiger partial charge in [-0.2, -0.15) is 0 Å². The molecule has 0 saturated carbocycles. The highest BCUT2D eigenvalue weighted by atomic mass is 15.1. The zero-order valence-electron chi connectivity index (χ0n) is 30.0. The summed E-state index contributed by atoms with van der Waals surface area (Å²) in [5, 5.41) is 18.3. The maximum absolute atomic E-state index is 2.52. The molecule has 12 rings (SSSR count). The van der Waals surface area contributed by atoms with Crippen LogP contribution in [0.2, 0.25) is 0 Å². The molecule has 0 spiro atoms. The molecule has 0 N–H and O–H groups in total. The number of rotatable bonds is 5. The predicted octanol–water partition coefficient (Wildman–Crippen LogP) is 15.4. The molecule has 0 aliphatic heterocycles. The zero-order chi connectivity index (χ0) is 36.0. The standard InChI is InChI=1S/C54H33N/c1-5-17-34(18-6-1)48-46-33-45-39-26-14-13-25-38(39)40-27-15-29-42(50(40)45)52(46)49(35-19-7-2-8-20-35)54-44-31-32-47(41-28-16-30-43(51(41)44)53(48)54)55(36-21-9-3-10-22-36)37-23-11-4-12-24-37/h1-33H. The van der Waals surface area contributed by atoms with Crippen LogP contribution in [-0.2, 0) is 0 Å². The first-order valence-electron chi connectivity index (χ1n) is 19.1. The molecule has 0 atom stereocenters. The van der Waals surface area contributed by atoms with Gasteiger partial charge < -0.3 is 4.90 Å². The lowest BCUT2D eigenvalue weighted by Gasteiger charge is -2.27. The summed E-state index contributed by atoms with van der Waals surface area (Å²) in [5.74, 6) is 0. The lowest BCUT2D eigenvalue weighted by atomic mass is 9.84. The van der Waals surface area contributed by atoms with E-state index in [-0.39, 0.29) is 0 Å². The number of para-hydroxylation sites is 2. The number of anilines is 3. The van der Waals surface area contributed by atoms with Gasteiger partial charge in [-0.15, -0.1) is 0 Å². The van der Waals surface area contributed by atoms with E-state index in [1.165, 1.54) is 103 Å². The van der Waals surface area contributed by atoms with Crippen LogP contribution in [0, 0.1) is 0 Å². The first-order valence-corrected chi connectivity index (χ1v) is 19.1. The highest BCUT2D eigenvalue weighted by Crippen LogP contribution is 2.55. The van der Waals surface area contributed by atoms with Crippen LogP contribution in [0.25, 0.3) is 97.7 Å². The smallest absolute Gasteiger partial charge is 0.0540 e. The summed E-state index contributed by atoms with van der Waals surface area (Å²) in [6, 6.07) is 73.8. The van der Waals surface area contributed by atoms with Crippen molar-refractivity contribution in [2.45, 2.75) is 0 Å². The Bertz CT molecular complexity index is 3350. The van der Waals surface area contributed by atoms with Crippen molar-refractivity contribution in [1.29, 1.82) is 0 Å². The molecular formula is C54H33N. The maximum atomic E-state index is 2.52. The lowest BCUT2D eigenvalue weighted by molar-refractivity contribution is 1.30. The van der Waals surface area contributed by atoms with E-state index in [4.69, 9.17) is 0 Å². The third-order valence-electron chi connectivity index (χ3n) is 11.9. The fourth-order valence-electron chi connectivity index (χ4n) is 9.77. The molecule has 0 amide bonds. The molecule has 55 heavy (non-hydrogen) atoms. The van der Waals surface area contributed by atoms with Crippen molar-refractivity contribution in [2.24, 2.45) is 0 Å². The number of hydrogen-bond acceptors (Lipinski definition) is 1. The Kier molecular flexibility index (Phi) is 6.40. The number of fused-ring (bicyclic) bond motifs is 8. The first kappa shape index (κ1) is 30.3. The van der Waals surface area contributed by atoms with Gasteiger partial charge >= 0.3 is 0 Å². The molecule has 12 aromatic carbocycles. The predicted molar refractivity (Wildman–Crippen MR) is 237 cm³/mol. The highest BCUT2D eigenvalue weighted by Gasteiger charge is 2.27. The highest BCUT2D eigenvalue weighted by molar-refractivity contribution is 6.45. The molecule has 0 radical (unpaired) electrons. The maximum Gasteiger partial charge on any atom is 0.0540 e. The van der Waals surface area contributed by atoms with Crippen LogP contribution in [0.3, 0.4) is 0 Å². The topological polar surface area (TPSA) is 3.24 Å². The van der Waals surface area contributed by atoms with E-state index >= 15 is 0 Å². The molecule has 0 aliphatic carbocycles. The van der Waals surface area contributed by atoms with Gasteiger partial charge in [0.2, 0.25) is 0 Å². The van der Waals surface area contributed by atoms with Crippen molar-refractivity contribution in [2.75, 3.05) is 4.90 Å². The Hall–Kier alpha value is -7.22. The van der Waals surface area contributed by atoms with Crippen molar-refractivity contribution in [3.63, 3.8) is 0 Å². The van der Waals surface area contributed by atoms with E-state index in [0.717, 1.165) is 11.4 Å². The Morgan fingerprint density at radius 2 is 0.673 bits per heavy atom. The second kappa shape index (κ2) is 11.6. The first-order chi connectivity index (χ1) is 27.3. The van der Waals surface area contributed by atoms with Gasteiger partial charge in [-0.3, -0.25) is 0 Å². The van der Waals surface area contributed by atoms with Gasteiger partial charge in [0.05, 0.1) is 5.69 Å². The molecule has 0 saturated heterocycles. The number of hydrogen-bond donors (Lipinski definition) is 0. The van der Waals surface area contributed by atoms with Gasteiger partial charge in [0, 0.05) is 16.8 Å². The van der Waals surface area contributed by atoms with Crippen LogP contribution < -0.4 is 4.90 Å². The molecule has 0 aromatic heterocycles. The molecule has 1 heteroatoms. The van der Waals surface area contributed by atoms with E-state index in [0.29, 0.717) is 0 Å². The Balaban J connectivity index is 1.33. The molecule has 0 bridgehead atoms. The van der Waals surface area contributed by atoms with Crippen LogP contribution in [0.5, 0.6) is 0 Å². The van der Waals surface area contributed by atoms with E-state index in [1.54, 1.807) is 0 Å². The molecular weight excluding hydrogens is 663 g/mol. The molecule has 0 unspecified atom stereocenters. The van der Waals surface area contributed by atoms with Crippen molar-refractivity contribution in [3.8, 4) is 22.3 Å². The SMILES string of the molecule is c1ccc(-c2c3cc4c5ccccc5c5cccc(c3c(-c3ccccc3)c3c6ccc(N(c7ccccc7)c7ccccc7)c7cccc(c23)c76)c54)cc1. The van der Waals surface area contributed by atoms with E-state index in [9.17, 15) is 0 Å². The number of benzene rings is 10. The largest absolute Gasteiger partial charge is 0.310 e. The molecule has 0 aliphatic rings. The Morgan fingerprint density at radius 3 is 1.31 bits per heavy atom. The van der Waals surface area contributed by atoms with Gasteiger partial charge in [-0.25, -0.2) is 0 Å². The van der Waals surface area contributed by atoms with Crippen LogP contribution in [0.1, 0.15) is 0 Å². The van der Waals surface area contributed by atoms with E-state index < -0.39 is 0 Å². The van der Waals surface area contributed by atoms with Gasteiger partial charge in [0.15, 0.2) is 0 Å². The summed E-state index contributed by atoms with van der Waals surface area (Å²) in [6.45, 7) is 0. The van der Waals surface area contributed by atoms with E-state index in [1.807, 2.05) is 0 Å². The minimum Gasteiger partial charge on any atom is -0.310 e. The second-order valence-corrected chi connectivity index (χ2v) is 14.7. The van der Waals surface area contributed by atoms with Gasteiger partial charge in [-0.1, -0.05) is 164 Å². The molecule has 1 nitrogen and oxygen atoms in total. The summed E-state index contributed by atoms with van der Waals surface area (Å²) < 4.78 is 0. The third-order valence-corrected chi connectivity index (χ3v) is 11.9. The summed E-state index contributed by atoms with van der Waals surface area (Å²) in [7, 11) is 0. The van der Waals surface area contributed by atoms with Gasteiger partial charge in [0.1, 0.15) is 0 Å². The van der Waals surface area contributed by atoms with Crippen LogP contribution >= 0.6 is 0 Å². The fourth-order valence-corrected chi connectivity index (χ4v) is 9.77. The van der Waals surface area contributed by atoms with Crippen LogP contribution in [-0.4, -0.2) is 0 Å². The average Bonchev–Trinajstić information content (AvgIpc) is 3.76. The Morgan fingerprint density at radius 1 is 0.236 bits per heavy atom. The lowest BCUT2D eigenvalue weighted by Crippen LogP contribution is -2.10. The van der Waals surface area contributed by atoms with Crippen LogP contribution in [0.4, 0.5) is 17.1 Å². The summed E-state index contributed by atoms with van der Waals surface area (Å²) >= 11 is 0. The van der Waals surface area contributed by atoms with Gasteiger partial charge in [-0.05, 0) is 129 Å². The molecule has 0 fully saturated rings. The zero-order valence-corrected chi connectivity index (χ0v) is 30.0. The second-order valence-electron chi connectivity index (χ2n) is 14.7. The Labute approximate surface area is 318 Å². The van der Waals surface area contributed by atoms with Crippen molar-refractivity contribution in [3.05, 3.63) is 200 Å². The van der Waals surface area contributed by atoms with Crippen molar-refractivity contribution >= 4 is 92.5 Å². The molecule has 0 heterocycles. The van der Waals surface area contributed by atoms with Crippen LogP contribution in [0.15, 0.2) is 200 Å². The van der Waals surface area contributed by atoms with E-state index in [2.05, 4.69) is 205 Å². The minimum absolute atomic E-state index is 1.13. The molecule has 254 valence electrons. The van der Waals surface area contributed by atoms with Gasteiger partial charge in [0.25, 0.3) is 0 Å².